The van der Waals surface area contributed by atoms with Crippen molar-refractivity contribution in [3.8, 4) is 0 Å². The average Bonchev–Trinajstić information content (AvgIpc) is 2.74. The summed E-state index contributed by atoms with van der Waals surface area (Å²) in [6.07, 6.45) is 1.51. The van der Waals surface area contributed by atoms with Gasteiger partial charge in [-0.3, -0.25) is 4.90 Å². The van der Waals surface area contributed by atoms with Gasteiger partial charge in [-0.1, -0.05) is 30.3 Å². The minimum Gasteiger partial charge on any atom is -0.445 e. The molecule has 0 spiro atoms. The van der Waals surface area contributed by atoms with Gasteiger partial charge in [0.1, 0.15) is 12.2 Å². The fourth-order valence-corrected chi connectivity index (χ4v) is 4.60. The number of carbonyl (C=O) groups excluding carboxylic acids is 2. The van der Waals surface area contributed by atoms with Crippen LogP contribution in [0.25, 0.3) is 0 Å². The van der Waals surface area contributed by atoms with Crippen molar-refractivity contribution in [3.63, 3.8) is 0 Å². The number of piperidine rings is 1. The maximum atomic E-state index is 12.5. The number of carbonyl (C=O) groups is 2. The van der Waals surface area contributed by atoms with Crippen molar-refractivity contribution in [1.29, 1.82) is 0 Å². The van der Waals surface area contributed by atoms with Gasteiger partial charge in [0.25, 0.3) is 0 Å². The Labute approximate surface area is 192 Å². The summed E-state index contributed by atoms with van der Waals surface area (Å²) in [6.45, 7) is 14.2. The molecule has 32 heavy (non-hydrogen) atoms. The van der Waals surface area contributed by atoms with E-state index >= 15 is 0 Å². The lowest BCUT2D eigenvalue weighted by molar-refractivity contribution is -0.0139. The van der Waals surface area contributed by atoms with Gasteiger partial charge in [0.2, 0.25) is 0 Å². The number of ether oxygens (including phenoxy) is 2. The highest BCUT2D eigenvalue weighted by molar-refractivity contribution is 5.68. The molecule has 0 aliphatic carbocycles. The van der Waals surface area contributed by atoms with E-state index in [1.807, 2.05) is 60.9 Å². The molecule has 7 heteroatoms. The molecule has 0 N–H and O–H groups in total. The van der Waals surface area contributed by atoms with E-state index in [9.17, 15) is 9.59 Å². The number of likely N-dealkylation sites (tertiary alicyclic amines) is 1. The molecule has 178 valence electrons. The van der Waals surface area contributed by atoms with E-state index in [2.05, 4.69) is 18.7 Å². The van der Waals surface area contributed by atoms with E-state index in [0.29, 0.717) is 25.6 Å². The van der Waals surface area contributed by atoms with Crippen LogP contribution in [0.15, 0.2) is 30.3 Å². The number of hydrogen-bond donors (Lipinski definition) is 0. The third-order valence-corrected chi connectivity index (χ3v) is 6.30. The average molecular weight is 446 g/mol. The largest absolute Gasteiger partial charge is 0.445 e. The topological polar surface area (TPSA) is 62.3 Å². The molecule has 0 saturated carbocycles. The molecule has 0 aromatic heterocycles. The Morgan fingerprint density at radius 1 is 0.938 bits per heavy atom. The van der Waals surface area contributed by atoms with Gasteiger partial charge < -0.3 is 19.3 Å². The second-order valence-electron chi connectivity index (χ2n) is 10.3. The maximum Gasteiger partial charge on any atom is 0.410 e. The van der Waals surface area contributed by atoms with Crippen molar-refractivity contribution in [1.82, 2.24) is 14.7 Å². The molecule has 2 amide bonds. The predicted octanol–water partition coefficient (Wildman–Crippen LogP) is 4.36. The van der Waals surface area contributed by atoms with Crippen LogP contribution in [-0.2, 0) is 16.1 Å². The third-order valence-electron chi connectivity index (χ3n) is 6.30. The fraction of sp³-hybridized carbons (Fsp3) is 0.680. The van der Waals surface area contributed by atoms with E-state index in [4.69, 9.17) is 9.47 Å². The van der Waals surface area contributed by atoms with Crippen LogP contribution in [0.1, 0.15) is 53.0 Å². The van der Waals surface area contributed by atoms with Crippen LogP contribution >= 0.6 is 0 Å². The second kappa shape index (κ2) is 10.6. The van der Waals surface area contributed by atoms with Gasteiger partial charge >= 0.3 is 12.2 Å². The van der Waals surface area contributed by atoms with E-state index in [-0.39, 0.29) is 24.3 Å². The Hall–Kier alpha value is -2.28. The summed E-state index contributed by atoms with van der Waals surface area (Å²) in [5.41, 5.74) is 0.529. The first-order valence-electron chi connectivity index (χ1n) is 11.8. The summed E-state index contributed by atoms with van der Waals surface area (Å²) in [5, 5.41) is 0. The molecule has 7 nitrogen and oxygen atoms in total. The number of amides is 2. The molecule has 2 aliphatic rings. The zero-order chi connectivity index (χ0) is 23.3. The van der Waals surface area contributed by atoms with Crippen LogP contribution in [0.3, 0.4) is 0 Å². The summed E-state index contributed by atoms with van der Waals surface area (Å²) < 4.78 is 11.0. The highest BCUT2D eigenvalue weighted by Gasteiger charge is 2.35. The lowest BCUT2D eigenvalue weighted by Crippen LogP contribution is -2.59. The molecule has 1 aromatic rings. The maximum absolute atomic E-state index is 12.5. The molecule has 3 rings (SSSR count). The normalized spacial score (nSPS) is 23.2. The first-order valence-corrected chi connectivity index (χ1v) is 11.8. The summed E-state index contributed by atoms with van der Waals surface area (Å²) >= 11 is 0. The standard InChI is InChI=1S/C25H39N3O4/c1-19-15-27(24(30)32-25(3,4)5)16-20(2)28(19)17-21-11-13-26(14-12-21)23(29)31-18-22-9-7-6-8-10-22/h6-10,19-21H,11-18H2,1-5H3/t19-,20-/m1/s1. The number of hydrogen-bond acceptors (Lipinski definition) is 5. The summed E-state index contributed by atoms with van der Waals surface area (Å²) in [4.78, 5) is 31.1. The number of benzene rings is 1. The van der Waals surface area contributed by atoms with Crippen LogP contribution in [0.2, 0.25) is 0 Å². The van der Waals surface area contributed by atoms with Crippen molar-refractivity contribution in [2.45, 2.75) is 71.8 Å². The molecule has 0 bridgehead atoms. The molecule has 2 heterocycles. The van der Waals surface area contributed by atoms with Crippen LogP contribution in [0.5, 0.6) is 0 Å². The van der Waals surface area contributed by atoms with Crippen LogP contribution in [0, 0.1) is 5.92 Å². The van der Waals surface area contributed by atoms with Gasteiger partial charge in [-0.2, -0.15) is 0 Å². The minimum absolute atomic E-state index is 0.222. The van der Waals surface area contributed by atoms with Crippen LogP contribution in [0.4, 0.5) is 9.59 Å². The smallest absolute Gasteiger partial charge is 0.410 e. The zero-order valence-electron chi connectivity index (χ0n) is 20.3. The molecule has 2 fully saturated rings. The SMILES string of the molecule is C[C@@H]1CN(C(=O)OC(C)(C)C)C[C@@H](C)N1CC1CCN(C(=O)OCc2ccccc2)CC1. The summed E-state index contributed by atoms with van der Waals surface area (Å²) in [6, 6.07) is 10.3. The van der Waals surface area contributed by atoms with Crippen molar-refractivity contribution in [2.75, 3.05) is 32.7 Å². The highest BCUT2D eigenvalue weighted by Crippen LogP contribution is 2.25. The van der Waals surface area contributed by atoms with Gasteiger partial charge in [-0.25, -0.2) is 9.59 Å². The summed E-state index contributed by atoms with van der Waals surface area (Å²) in [5.74, 6) is 0.547. The van der Waals surface area contributed by atoms with Gasteiger partial charge in [0, 0.05) is 44.8 Å². The number of nitrogens with zero attached hydrogens (tertiary/aromatic N) is 3. The highest BCUT2D eigenvalue weighted by atomic mass is 16.6. The van der Waals surface area contributed by atoms with E-state index in [1.54, 1.807) is 0 Å². The van der Waals surface area contributed by atoms with Crippen molar-refractivity contribution < 1.29 is 19.1 Å². The van der Waals surface area contributed by atoms with Gasteiger partial charge in [0.15, 0.2) is 0 Å². The second-order valence-corrected chi connectivity index (χ2v) is 10.3. The van der Waals surface area contributed by atoms with Crippen molar-refractivity contribution in [2.24, 2.45) is 5.92 Å². The Bertz CT molecular complexity index is 744. The van der Waals surface area contributed by atoms with Gasteiger partial charge in [0.05, 0.1) is 0 Å². The lowest BCUT2D eigenvalue weighted by Gasteiger charge is -2.46. The molecule has 2 aliphatic heterocycles. The number of rotatable bonds is 4. The molecule has 0 unspecified atom stereocenters. The van der Waals surface area contributed by atoms with Gasteiger partial charge in [-0.05, 0) is 58.9 Å². The zero-order valence-corrected chi connectivity index (χ0v) is 20.3. The van der Waals surface area contributed by atoms with Crippen molar-refractivity contribution >= 4 is 12.2 Å². The minimum atomic E-state index is -0.475. The summed E-state index contributed by atoms with van der Waals surface area (Å²) in [7, 11) is 0. The quantitative estimate of drug-likeness (QED) is 0.689. The Morgan fingerprint density at radius 3 is 2.09 bits per heavy atom. The Kier molecular flexibility index (Phi) is 8.04. The fourth-order valence-electron chi connectivity index (χ4n) is 4.60. The van der Waals surface area contributed by atoms with E-state index < -0.39 is 5.60 Å². The lowest BCUT2D eigenvalue weighted by atomic mass is 9.94. The van der Waals surface area contributed by atoms with Gasteiger partial charge in [-0.15, -0.1) is 0 Å². The molecular formula is C25H39N3O4. The monoisotopic (exact) mass is 445 g/mol. The molecule has 0 radical (unpaired) electrons. The number of piperazine rings is 1. The molecular weight excluding hydrogens is 406 g/mol. The molecule has 1 aromatic carbocycles. The van der Waals surface area contributed by atoms with E-state index in [1.165, 1.54) is 0 Å². The Morgan fingerprint density at radius 2 is 1.53 bits per heavy atom. The van der Waals surface area contributed by atoms with Crippen LogP contribution < -0.4 is 0 Å². The first kappa shape index (κ1) is 24.4. The molecule has 2 saturated heterocycles. The first-order chi connectivity index (χ1) is 15.1. The third kappa shape index (κ3) is 6.86. The van der Waals surface area contributed by atoms with Crippen LogP contribution in [-0.4, -0.2) is 77.3 Å². The Balaban J connectivity index is 1.42. The van der Waals surface area contributed by atoms with E-state index in [0.717, 1.165) is 38.0 Å². The predicted molar refractivity (Wildman–Crippen MR) is 124 cm³/mol. The molecule has 2 atom stereocenters. The van der Waals surface area contributed by atoms with Crippen molar-refractivity contribution in [3.05, 3.63) is 35.9 Å².